The van der Waals surface area contributed by atoms with Gasteiger partial charge in [0.15, 0.2) is 0 Å². The molecule has 0 aliphatic heterocycles. The van der Waals surface area contributed by atoms with Crippen molar-refractivity contribution in [1.82, 2.24) is 6.15 Å². The van der Waals surface area contributed by atoms with Crippen LogP contribution in [-0.2, 0) is 17.1 Å². The average Bonchev–Trinajstić information content (AvgIpc) is 3.34. The van der Waals surface area contributed by atoms with Gasteiger partial charge in [0.1, 0.15) is 0 Å². The summed E-state index contributed by atoms with van der Waals surface area (Å²) >= 11 is 0. The van der Waals surface area contributed by atoms with Crippen molar-refractivity contribution in [2.45, 2.75) is 0 Å². The quantitative estimate of drug-likeness (QED) is 0.308. The van der Waals surface area contributed by atoms with Gasteiger partial charge in [-0.3, -0.25) is 0 Å². The predicted molar refractivity (Wildman–Crippen MR) is 108 cm³/mol. The smallest absolute Gasteiger partial charge is 0.344 e. The van der Waals surface area contributed by atoms with Crippen LogP contribution in [0.2, 0.25) is 0 Å². The Morgan fingerprint density at radius 1 is 0.560 bits per heavy atom. The van der Waals surface area contributed by atoms with Crippen molar-refractivity contribution in [3.8, 4) is 0 Å². The molecule has 25 heavy (non-hydrogen) atoms. The van der Waals surface area contributed by atoms with Gasteiger partial charge in [0.05, 0.1) is 0 Å². The fraction of sp³-hybridized carbons (Fsp3) is 0. The van der Waals surface area contributed by atoms with Crippen molar-refractivity contribution in [3.63, 3.8) is 0 Å². The normalized spacial score (nSPS) is 9.32. The van der Waals surface area contributed by atoms with Crippen molar-refractivity contribution in [2.24, 2.45) is 0 Å². The zero-order chi connectivity index (χ0) is 15.7. The van der Waals surface area contributed by atoms with Gasteiger partial charge in [0, 0.05) is 0 Å². The van der Waals surface area contributed by atoms with E-state index in [-0.39, 0.29) is 23.2 Å². The van der Waals surface area contributed by atoms with Gasteiger partial charge in [0.25, 0.3) is 0 Å². The summed E-state index contributed by atoms with van der Waals surface area (Å²) in [7, 11) is -0.409. The van der Waals surface area contributed by atoms with Crippen LogP contribution in [0.15, 0.2) is 115 Å². The fourth-order valence-corrected chi connectivity index (χ4v) is 4.74. The van der Waals surface area contributed by atoms with Gasteiger partial charge in [-0.15, -0.1) is 5.30 Å². The van der Waals surface area contributed by atoms with Crippen LogP contribution in [0, 0.1) is 0 Å². The monoisotopic (exact) mass is 387 g/mol. The molecule has 128 valence electrons. The zero-order valence-electron chi connectivity index (χ0n) is 14.0. The van der Waals surface area contributed by atoms with Crippen molar-refractivity contribution in [1.29, 1.82) is 0 Å². The molecule has 0 radical (unpaired) electrons. The van der Waals surface area contributed by atoms with E-state index in [0.29, 0.717) is 0 Å². The first-order valence-corrected chi connectivity index (χ1v) is 9.08. The molecule has 3 N–H and O–H groups in total. The summed E-state index contributed by atoms with van der Waals surface area (Å²) < 4.78 is 0. The number of hydrogen-bond acceptors (Lipinski definition) is 1. The first-order valence-electron chi connectivity index (χ1n) is 7.74. The maximum Gasteiger partial charge on any atom is 2.00 e. The summed E-state index contributed by atoms with van der Waals surface area (Å²) in [5, 5.41) is 4.23. The number of rotatable bonds is 3. The van der Waals surface area contributed by atoms with Crippen LogP contribution < -0.4 is 22.1 Å². The molecule has 0 saturated heterocycles. The van der Waals surface area contributed by atoms with Gasteiger partial charge in [0.2, 0.25) is 0 Å². The van der Waals surface area contributed by atoms with Crippen molar-refractivity contribution in [3.05, 3.63) is 115 Å². The molecule has 4 aromatic carbocycles. The molecular weight excluding hydrogens is 365 g/mol. The van der Waals surface area contributed by atoms with Crippen LogP contribution in [-0.4, -0.2) is 0 Å². The van der Waals surface area contributed by atoms with Gasteiger partial charge < -0.3 is 6.15 Å². The maximum atomic E-state index is 2.23. The van der Waals surface area contributed by atoms with Crippen molar-refractivity contribution in [2.75, 3.05) is 0 Å². The van der Waals surface area contributed by atoms with E-state index in [0.717, 1.165) is 0 Å². The topological polar surface area (TPSA) is 35.0 Å². The van der Waals surface area contributed by atoms with Crippen LogP contribution in [0.25, 0.3) is 0 Å². The van der Waals surface area contributed by atoms with Crippen LogP contribution in [0.5, 0.6) is 0 Å². The first kappa shape index (κ1) is 21.1. The minimum atomic E-state index is -0.409. The Hall–Kier alpha value is -1.95. The van der Waals surface area contributed by atoms with Gasteiger partial charge in [-0.05, 0) is 18.5 Å². The molecule has 0 fully saturated rings. The summed E-state index contributed by atoms with van der Waals surface area (Å²) in [5.41, 5.74) is 0. The number of hydrogen-bond donors (Lipinski definition) is 1. The molecular formula is C22H22FeNP. The Bertz CT molecular complexity index is 709. The average molecular weight is 387 g/mol. The van der Waals surface area contributed by atoms with Crippen LogP contribution in [0.3, 0.4) is 0 Å². The Morgan fingerprint density at radius 2 is 1.08 bits per heavy atom. The molecule has 0 unspecified atom stereocenters. The maximum absolute atomic E-state index is 2.23. The largest absolute Gasteiger partial charge is 2.00 e. The third-order valence-corrected chi connectivity index (χ3v) is 5.93. The van der Waals surface area contributed by atoms with E-state index < -0.39 is 7.92 Å². The van der Waals surface area contributed by atoms with Gasteiger partial charge in [-0.25, -0.2) is 24.3 Å². The molecule has 3 heteroatoms. The molecule has 0 heterocycles. The minimum Gasteiger partial charge on any atom is -0.344 e. The standard InChI is InChI=1S/C17H14P.C5H5.Fe.H3N/c1-3-9-15(10-4-1)18(17-13-7-8-14-17)16-11-5-2-6-12-16;1-2-4-5-3-1;;/h1-14H;1-5H;;1H3/q2*-1;+2;. The summed E-state index contributed by atoms with van der Waals surface area (Å²) in [6.45, 7) is 0. The molecule has 4 aromatic rings. The van der Waals surface area contributed by atoms with E-state index in [9.17, 15) is 0 Å². The second-order valence-corrected chi connectivity index (χ2v) is 7.33. The summed E-state index contributed by atoms with van der Waals surface area (Å²) in [4.78, 5) is 0. The summed E-state index contributed by atoms with van der Waals surface area (Å²) in [6.07, 6.45) is 0. The molecule has 0 spiro atoms. The van der Waals surface area contributed by atoms with Crippen LogP contribution in [0.1, 0.15) is 0 Å². The molecule has 0 aliphatic rings. The summed E-state index contributed by atoms with van der Waals surface area (Å²) in [5.74, 6) is 0. The molecule has 0 aromatic heterocycles. The van der Waals surface area contributed by atoms with E-state index in [1.54, 1.807) is 0 Å². The van der Waals surface area contributed by atoms with E-state index in [4.69, 9.17) is 0 Å². The second kappa shape index (κ2) is 11.6. The summed E-state index contributed by atoms with van der Waals surface area (Å²) in [6, 6.07) is 40.2. The SMILES string of the molecule is N.[Fe+2].c1cc[cH-]c1.c1ccc(P(c2ccccc2)c2ccc[cH-]2)cc1. The third-order valence-electron chi connectivity index (χ3n) is 3.49. The molecule has 0 aliphatic carbocycles. The Kier molecular flexibility index (Phi) is 9.77. The fourth-order valence-electron chi connectivity index (χ4n) is 2.44. The molecule has 1 nitrogen and oxygen atoms in total. The molecule has 0 saturated carbocycles. The predicted octanol–water partition coefficient (Wildman–Crippen LogP) is 4.73. The van der Waals surface area contributed by atoms with E-state index >= 15 is 0 Å². The van der Waals surface area contributed by atoms with E-state index in [1.807, 2.05) is 30.3 Å². The molecule has 0 amide bonds. The minimum absolute atomic E-state index is 0. The van der Waals surface area contributed by atoms with Crippen LogP contribution >= 0.6 is 7.92 Å². The Morgan fingerprint density at radius 3 is 1.44 bits per heavy atom. The van der Waals surface area contributed by atoms with E-state index in [1.165, 1.54) is 15.9 Å². The van der Waals surface area contributed by atoms with Crippen molar-refractivity contribution < 1.29 is 17.1 Å². The zero-order valence-corrected chi connectivity index (χ0v) is 16.0. The van der Waals surface area contributed by atoms with Gasteiger partial charge in [-0.1, -0.05) is 60.7 Å². The second-order valence-electron chi connectivity index (χ2n) is 5.11. The van der Waals surface area contributed by atoms with Gasteiger partial charge in [-0.2, -0.15) is 30.3 Å². The number of benzene rings is 2. The van der Waals surface area contributed by atoms with Crippen LogP contribution in [0.4, 0.5) is 0 Å². The van der Waals surface area contributed by atoms with Gasteiger partial charge >= 0.3 is 17.1 Å². The molecule has 4 rings (SSSR count). The first-order chi connectivity index (χ1) is 11.4. The third kappa shape index (κ3) is 6.12. The van der Waals surface area contributed by atoms with E-state index in [2.05, 4.69) is 84.9 Å². The Balaban J connectivity index is 0.000000388. The van der Waals surface area contributed by atoms with Crippen molar-refractivity contribution >= 4 is 23.8 Å². The Labute approximate surface area is 162 Å². The molecule has 0 bridgehead atoms. The molecule has 0 atom stereocenters.